The molecule has 0 unspecified atom stereocenters. The fourth-order valence-corrected chi connectivity index (χ4v) is 2.64. The Morgan fingerprint density at radius 3 is 2.83 bits per heavy atom. The highest BCUT2D eigenvalue weighted by molar-refractivity contribution is 8.00. The van der Waals surface area contributed by atoms with Crippen LogP contribution in [-0.2, 0) is 9.59 Å². The number of hydrogen-bond acceptors (Lipinski definition) is 3. The molecule has 1 heterocycles. The summed E-state index contributed by atoms with van der Waals surface area (Å²) in [5.41, 5.74) is 0.530. The second kappa shape index (κ2) is 5.86. The lowest BCUT2D eigenvalue weighted by Crippen LogP contribution is -2.40. The molecule has 0 spiro atoms. The van der Waals surface area contributed by atoms with E-state index in [-0.39, 0.29) is 29.3 Å². The van der Waals surface area contributed by atoms with Gasteiger partial charge >= 0.3 is 0 Å². The minimum Gasteiger partial charge on any atom is -0.354 e. The number of amides is 2. The molecule has 1 aliphatic heterocycles. The Kier molecular flexibility index (Phi) is 4.19. The molecule has 96 valence electrons. The van der Waals surface area contributed by atoms with E-state index in [0.717, 1.165) is 5.75 Å². The number of nitrogens with one attached hydrogen (secondary N) is 2. The van der Waals surface area contributed by atoms with Gasteiger partial charge in [0, 0.05) is 24.4 Å². The van der Waals surface area contributed by atoms with Crippen LogP contribution in [0.4, 0.5) is 10.1 Å². The number of rotatable bonds is 3. The SMILES string of the molecule is O=C(C[C@@H]1SCCNC1=O)Nc1ccc(F)cc1. The summed E-state index contributed by atoms with van der Waals surface area (Å²) in [5.74, 6) is 0.132. The number of anilines is 1. The predicted octanol–water partition coefficient (Wildman–Crippen LogP) is 1.39. The number of halogens is 1. The number of carbonyl (C=O) groups excluding carboxylic acids is 2. The molecule has 18 heavy (non-hydrogen) atoms. The Hall–Kier alpha value is -1.56. The van der Waals surface area contributed by atoms with E-state index in [0.29, 0.717) is 12.2 Å². The van der Waals surface area contributed by atoms with Gasteiger partial charge in [-0.3, -0.25) is 9.59 Å². The minimum absolute atomic E-state index is 0.0968. The number of thioether (sulfide) groups is 1. The number of hydrogen-bond donors (Lipinski definition) is 2. The van der Waals surface area contributed by atoms with Crippen molar-refractivity contribution in [2.45, 2.75) is 11.7 Å². The summed E-state index contributed by atoms with van der Waals surface area (Å²) in [6.07, 6.45) is 0.133. The smallest absolute Gasteiger partial charge is 0.233 e. The molecule has 6 heteroatoms. The Labute approximate surface area is 108 Å². The lowest BCUT2D eigenvalue weighted by atomic mass is 10.2. The van der Waals surface area contributed by atoms with Crippen LogP contribution in [0.2, 0.25) is 0 Å². The molecule has 0 bridgehead atoms. The zero-order chi connectivity index (χ0) is 13.0. The third-order valence-electron chi connectivity index (χ3n) is 2.51. The fourth-order valence-electron chi connectivity index (χ4n) is 1.63. The molecule has 1 aliphatic rings. The van der Waals surface area contributed by atoms with Gasteiger partial charge < -0.3 is 10.6 Å². The number of carbonyl (C=O) groups is 2. The third kappa shape index (κ3) is 3.46. The summed E-state index contributed by atoms with van der Waals surface area (Å²) in [5, 5.41) is 5.02. The van der Waals surface area contributed by atoms with E-state index in [1.54, 1.807) is 0 Å². The monoisotopic (exact) mass is 268 g/mol. The molecule has 1 atom stereocenters. The van der Waals surface area contributed by atoms with Gasteiger partial charge in [0.25, 0.3) is 0 Å². The van der Waals surface area contributed by atoms with Crippen LogP contribution in [-0.4, -0.2) is 29.4 Å². The summed E-state index contributed by atoms with van der Waals surface area (Å²) >= 11 is 1.48. The van der Waals surface area contributed by atoms with Crippen LogP contribution in [0.1, 0.15) is 6.42 Å². The molecule has 0 radical (unpaired) electrons. The van der Waals surface area contributed by atoms with Gasteiger partial charge in [-0.2, -0.15) is 0 Å². The van der Waals surface area contributed by atoms with Crippen LogP contribution in [0.15, 0.2) is 24.3 Å². The second-order valence-electron chi connectivity index (χ2n) is 3.91. The molecule has 2 N–H and O–H groups in total. The third-order valence-corrected chi connectivity index (χ3v) is 3.73. The first kappa shape index (κ1) is 12.9. The Balaban J connectivity index is 1.88. The van der Waals surface area contributed by atoms with Crippen LogP contribution >= 0.6 is 11.8 Å². The van der Waals surface area contributed by atoms with Crippen molar-refractivity contribution >= 4 is 29.3 Å². The van der Waals surface area contributed by atoms with Crippen LogP contribution in [0, 0.1) is 5.82 Å². The first-order valence-electron chi connectivity index (χ1n) is 5.60. The molecule has 0 aliphatic carbocycles. The van der Waals surface area contributed by atoms with Gasteiger partial charge in [-0.25, -0.2) is 4.39 Å². The average Bonchev–Trinajstić information content (AvgIpc) is 2.35. The topological polar surface area (TPSA) is 58.2 Å². The quantitative estimate of drug-likeness (QED) is 0.871. The van der Waals surface area contributed by atoms with E-state index in [2.05, 4.69) is 10.6 Å². The van der Waals surface area contributed by atoms with Crippen molar-refractivity contribution in [3.05, 3.63) is 30.1 Å². The van der Waals surface area contributed by atoms with Gasteiger partial charge in [0.2, 0.25) is 11.8 Å². The van der Waals surface area contributed by atoms with E-state index < -0.39 is 0 Å². The molecule has 2 rings (SSSR count). The van der Waals surface area contributed by atoms with Crippen LogP contribution in [0.5, 0.6) is 0 Å². The van der Waals surface area contributed by atoms with E-state index in [1.807, 2.05) is 0 Å². The van der Waals surface area contributed by atoms with Crippen LogP contribution < -0.4 is 10.6 Å². The van der Waals surface area contributed by atoms with E-state index in [1.165, 1.54) is 36.0 Å². The van der Waals surface area contributed by atoms with Crippen molar-refractivity contribution in [1.29, 1.82) is 0 Å². The zero-order valence-electron chi connectivity index (χ0n) is 9.61. The van der Waals surface area contributed by atoms with Gasteiger partial charge in [0.1, 0.15) is 5.82 Å². The van der Waals surface area contributed by atoms with Gasteiger partial charge in [-0.05, 0) is 24.3 Å². The highest BCUT2D eigenvalue weighted by Crippen LogP contribution is 2.19. The molecule has 1 fully saturated rings. The normalized spacial score (nSPS) is 19.2. The standard InChI is InChI=1S/C12H13FN2O2S/c13-8-1-3-9(4-2-8)15-11(16)7-10-12(17)14-5-6-18-10/h1-4,10H,5-7H2,(H,14,17)(H,15,16)/t10-/m0/s1. The van der Waals surface area contributed by atoms with E-state index >= 15 is 0 Å². The van der Waals surface area contributed by atoms with Crippen molar-refractivity contribution in [3.8, 4) is 0 Å². The first-order chi connectivity index (χ1) is 8.65. The first-order valence-corrected chi connectivity index (χ1v) is 6.65. The van der Waals surface area contributed by atoms with E-state index in [9.17, 15) is 14.0 Å². The average molecular weight is 268 g/mol. The molecule has 2 amide bonds. The molecule has 1 saturated heterocycles. The maximum Gasteiger partial charge on any atom is 0.233 e. The molecule has 0 aromatic heterocycles. The summed E-state index contributed by atoms with van der Waals surface area (Å²) in [7, 11) is 0. The van der Waals surface area contributed by atoms with Gasteiger partial charge in [0.05, 0.1) is 5.25 Å². The summed E-state index contributed by atoms with van der Waals surface area (Å²) in [6, 6.07) is 5.53. The maximum atomic E-state index is 12.7. The molecule has 0 saturated carbocycles. The van der Waals surface area contributed by atoms with Crippen LogP contribution in [0.25, 0.3) is 0 Å². The zero-order valence-corrected chi connectivity index (χ0v) is 10.4. The molecular formula is C12H13FN2O2S. The second-order valence-corrected chi connectivity index (χ2v) is 5.22. The van der Waals surface area contributed by atoms with Crippen molar-refractivity contribution in [2.24, 2.45) is 0 Å². The van der Waals surface area contributed by atoms with Crippen molar-refractivity contribution < 1.29 is 14.0 Å². The molecule has 4 nitrogen and oxygen atoms in total. The summed E-state index contributed by atoms with van der Waals surface area (Å²) in [4.78, 5) is 23.2. The largest absolute Gasteiger partial charge is 0.354 e. The van der Waals surface area contributed by atoms with Gasteiger partial charge in [-0.1, -0.05) is 0 Å². The number of benzene rings is 1. The van der Waals surface area contributed by atoms with Crippen molar-refractivity contribution in [1.82, 2.24) is 5.32 Å². The van der Waals surface area contributed by atoms with Crippen molar-refractivity contribution in [3.63, 3.8) is 0 Å². The van der Waals surface area contributed by atoms with Crippen molar-refractivity contribution in [2.75, 3.05) is 17.6 Å². The lowest BCUT2D eigenvalue weighted by molar-refractivity contribution is -0.123. The summed E-state index contributed by atoms with van der Waals surface area (Å²) < 4.78 is 12.7. The predicted molar refractivity (Wildman–Crippen MR) is 68.9 cm³/mol. The summed E-state index contributed by atoms with van der Waals surface area (Å²) in [6.45, 7) is 0.652. The lowest BCUT2D eigenvalue weighted by Gasteiger charge is -2.20. The Morgan fingerprint density at radius 2 is 2.17 bits per heavy atom. The molecule has 1 aromatic rings. The fraction of sp³-hybridized carbons (Fsp3) is 0.333. The highest BCUT2D eigenvalue weighted by Gasteiger charge is 2.25. The Bertz CT molecular complexity index is 450. The van der Waals surface area contributed by atoms with E-state index in [4.69, 9.17) is 0 Å². The van der Waals surface area contributed by atoms with Crippen LogP contribution in [0.3, 0.4) is 0 Å². The van der Waals surface area contributed by atoms with Gasteiger partial charge in [-0.15, -0.1) is 11.8 Å². The maximum absolute atomic E-state index is 12.7. The van der Waals surface area contributed by atoms with Gasteiger partial charge in [0.15, 0.2) is 0 Å². The molecule has 1 aromatic carbocycles. The molecular weight excluding hydrogens is 255 g/mol. The highest BCUT2D eigenvalue weighted by atomic mass is 32.2. The minimum atomic E-state index is -0.352. The Morgan fingerprint density at radius 1 is 1.44 bits per heavy atom.